The number of rotatable bonds is 3. The van der Waals surface area contributed by atoms with Gasteiger partial charge in [0.15, 0.2) is 0 Å². The van der Waals surface area contributed by atoms with E-state index >= 15 is 0 Å². The summed E-state index contributed by atoms with van der Waals surface area (Å²) >= 11 is 5.60. The molecule has 0 unspecified atom stereocenters. The number of hydrogen-bond donors (Lipinski definition) is 0. The molecule has 84 valence electrons. The van der Waals surface area contributed by atoms with E-state index in [0.29, 0.717) is 11.9 Å². The normalized spacial score (nSPS) is 10.4. The number of benzene rings is 1. The van der Waals surface area contributed by atoms with Crippen LogP contribution >= 0.6 is 11.6 Å². The fourth-order valence-corrected chi connectivity index (χ4v) is 1.42. The SMILES string of the molecule is Cc1ccc(N(C)c2nnc(CCl)o2)cc1. The largest absolute Gasteiger partial charge is 0.406 e. The van der Waals surface area contributed by atoms with Crippen LogP contribution in [0.5, 0.6) is 0 Å². The number of alkyl halides is 1. The van der Waals surface area contributed by atoms with Gasteiger partial charge in [-0.15, -0.1) is 16.7 Å². The van der Waals surface area contributed by atoms with Gasteiger partial charge in [0, 0.05) is 12.7 Å². The molecule has 16 heavy (non-hydrogen) atoms. The minimum Gasteiger partial charge on any atom is -0.406 e. The number of hydrogen-bond acceptors (Lipinski definition) is 4. The molecule has 0 atom stereocenters. The molecule has 0 N–H and O–H groups in total. The third-order valence-corrected chi connectivity index (χ3v) is 2.51. The molecule has 0 spiro atoms. The van der Waals surface area contributed by atoms with E-state index in [4.69, 9.17) is 16.0 Å². The molecule has 0 bridgehead atoms. The third-order valence-electron chi connectivity index (χ3n) is 2.28. The molecule has 0 amide bonds. The maximum atomic E-state index is 5.60. The predicted molar refractivity (Wildman–Crippen MR) is 63.1 cm³/mol. The van der Waals surface area contributed by atoms with E-state index in [1.54, 1.807) is 0 Å². The molecule has 1 aromatic heterocycles. The third kappa shape index (κ3) is 2.17. The average Bonchev–Trinajstić information content (AvgIpc) is 2.77. The topological polar surface area (TPSA) is 42.2 Å². The molecule has 4 nitrogen and oxygen atoms in total. The summed E-state index contributed by atoms with van der Waals surface area (Å²) in [5, 5.41) is 7.72. The first-order valence-corrected chi connectivity index (χ1v) is 5.43. The molecule has 2 rings (SSSR count). The molecule has 0 radical (unpaired) electrons. The van der Waals surface area contributed by atoms with E-state index in [2.05, 4.69) is 10.2 Å². The Kier molecular flexibility index (Phi) is 3.10. The van der Waals surface area contributed by atoms with E-state index in [9.17, 15) is 0 Å². The monoisotopic (exact) mass is 237 g/mol. The maximum Gasteiger partial charge on any atom is 0.322 e. The molecular weight excluding hydrogens is 226 g/mol. The van der Waals surface area contributed by atoms with Crippen LogP contribution in [0.15, 0.2) is 28.7 Å². The maximum absolute atomic E-state index is 5.60. The summed E-state index contributed by atoms with van der Waals surface area (Å²) in [6.07, 6.45) is 0. The molecule has 1 aromatic carbocycles. The van der Waals surface area contributed by atoms with Gasteiger partial charge in [0.1, 0.15) is 5.88 Å². The molecule has 0 fully saturated rings. The van der Waals surface area contributed by atoms with Crippen LogP contribution in [0.2, 0.25) is 0 Å². The molecule has 0 aliphatic carbocycles. The van der Waals surface area contributed by atoms with Gasteiger partial charge < -0.3 is 4.42 Å². The Morgan fingerprint density at radius 3 is 2.50 bits per heavy atom. The lowest BCUT2D eigenvalue weighted by Gasteiger charge is -2.13. The number of nitrogens with zero attached hydrogens (tertiary/aromatic N) is 3. The van der Waals surface area contributed by atoms with Gasteiger partial charge in [-0.2, -0.15) is 0 Å². The summed E-state index contributed by atoms with van der Waals surface area (Å²) < 4.78 is 5.35. The Hall–Kier alpha value is -1.55. The first-order valence-electron chi connectivity index (χ1n) is 4.89. The van der Waals surface area contributed by atoms with Crippen molar-refractivity contribution < 1.29 is 4.42 Å². The van der Waals surface area contributed by atoms with Gasteiger partial charge in [0.25, 0.3) is 0 Å². The molecule has 0 saturated heterocycles. The zero-order valence-corrected chi connectivity index (χ0v) is 9.90. The second-order valence-electron chi connectivity index (χ2n) is 3.51. The zero-order chi connectivity index (χ0) is 11.5. The van der Waals surface area contributed by atoms with Gasteiger partial charge in [-0.3, -0.25) is 4.90 Å². The van der Waals surface area contributed by atoms with Crippen molar-refractivity contribution in [2.75, 3.05) is 11.9 Å². The van der Waals surface area contributed by atoms with Gasteiger partial charge >= 0.3 is 6.01 Å². The Morgan fingerprint density at radius 1 is 1.25 bits per heavy atom. The first-order chi connectivity index (χ1) is 7.70. The summed E-state index contributed by atoms with van der Waals surface area (Å²) in [6, 6.07) is 8.51. The Morgan fingerprint density at radius 2 is 1.94 bits per heavy atom. The standard InChI is InChI=1S/C11H12ClN3O/c1-8-3-5-9(6-4-8)15(2)11-14-13-10(7-12)16-11/h3-6H,7H2,1-2H3. The fourth-order valence-electron chi connectivity index (χ4n) is 1.31. The van der Waals surface area contributed by atoms with Crippen molar-refractivity contribution in [3.63, 3.8) is 0 Å². The van der Waals surface area contributed by atoms with Gasteiger partial charge in [0.2, 0.25) is 5.89 Å². The zero-order valence-electron chi connectivity index (χ0n) is 9.14. The molecule has 5 heteroatoms. The second kappa shape index (κ2) is 4.53. The van der Waals surface area contributed by atoms with Gasteiger partial charge in [0.05, 0.1) is 0 Å². The van der Waals surface area contributed by atoms with E-state index < -0.39 is 0 Å². The number of anilines is 2. The van der Waals surface area contributed by atoms with Crippen molar-refractivity contribution in [1.29, 1.82) is 0 Å². The number of halogens is 1. The van der Waals surface area contributed by atoms with Gasteiger partial charge in [-0.1, -0.05) is 22.8 Å². The van der Waals surface area contributed by atoms with Crippen LogP contribution in [0.1, 0.15) is 11.5 Å². The fraction of sp³-hybridized carbons (Fsp3) is 0.273. The van der Waals surface area contributed by atoms with E-state index in [1.807, 2.05) is 43.1 Å². The highest BCUT2D eigenvalue weighted by molar-refractivity contribution is 6.16. The Labute approximate surface area is 98.8 Å². The highest BCUT2D eigenvalue weighted by atomic mass is 35.5. The molecule has 1 heterocycles. The van der Waals surface area contributed by atoms with Crippen LogP contribution in [0.25, 0.3) is 0 Å². The molecule has 0 saturated carbocycles. The Balaban J connectivity index is 2.24. The number of aryl methyl sites for hydroxylation is 1. The van der Waals surface area contributed by atoms with Gasteiger partial charge in [-0.05, 0) is 19.1 Å². The summed E-state index contributed by atoms with van der Waals surface area (Å²) in [5.41, 5.74) is 2.21. The lowest BCUT2D eigenvalue weighted by Crippen LogP contribution is -2.09. The van der Waals surface area contributed by atoms with Crippen LogP contribution in [0, 0.1) is 6.92 Å². The van der Waals surface area contributed by atoms with Crippen LogP contribution in [0.4, 0.5) is 11.7 Å². The quantitative estimate of drug-likeness (QED) is 0.770. The summed E-state index contributed by atoms with van der Waals surface area (Å²) in [4.78, 5) is 1.82. The minimum atomic E-state index is 0.231. The lowest BCUT2D eigenvalue weighted by molar-refractivity contribution is 0.518. The first kappa shape index (κ1) is 11.0. The Bertz CT molecular complexity index is 466. The van der Waals surface area contributed by atoms with E-state index in [0.717, 1.165) is 5.69 Å². The molecule has 0 aliphatic heterocycles. The van der Waals surface area contributed by atoms with Crippen molar-refractivity contribution in [3.8, 4) is 0 Å². The minimum absolute atomic E-state index is 0.231. The van der Waals surface area contributed by atoms with Crippen molar-refractivity contribution in [2.45, 2.75) is 12.8 Å². The van der Waals surface area contributed by atoms with Crippen LogP contribution in [-0.2, 0) is 5.88 Å². The van der Waals surface area contributed by atoms with Crippen LogP contribution < -0.4 is 4.90 Å². The summed E-state index contributed by atoms with van der Waals surface area (Å²) in [5.74, 6) is 0.657. The van der Waals surface area contributed by atoms with Crippen molar-refractivity contribution in [1.82, 2.24) is 10.2 Å². The molecular formula is C11H12ClN3O. The second-order valence-corrected chi connectivity index (χ2v) is 3.77. The van der Waals surface area contributed by atoms with Crippen LogP contribution in [-0.4, -0.2) is 17.2 Å². The smallest absolute Gasteiger partial charge is 0.322 e. The van der Waals surface area contributed by atoms with E-state index in [1.165, 1.54) is 5.56 Å². The van der Waals surface area contributed by atoms with Gasteiger partial charge in [-0.25, -0.2) is 0 Å². The predicted octanol–water partition coefficient (Wildman–Crippen LogP) is 2.88. The summed E-state index contributed by atoms with van der Waals surface area (Å²) in [7, 11) is 1.87. The average molecular weight is 238 g/mol. The van der Waals surface area contributed by atoms with Crippen molar-refractivity contribution in [2.24, 2.45) is 0 Å². The van der Waals surface area contributed by atoms with Crippen molar-refractivity contribution in [3.05, 3.63) is 35.7 Å². The highest BCUT2D eigenvalue weighted by Crippen LogP contribution is 2.22. The highest BCUT2D eigenvalue weighted by Gasteiger charge is 2.11. The van der Waals surface area contributed by atoms with E-state index in [-0.39, 0.29) is 5.88 Å². The lowest BCUT2D eigenvalue weighted by atomic mass is 10.2. The molecule has 0 aliphatic rings. The summed E-state index contributed by atoms with van der Waals surface area (Å²) in [6.45, 7) is 2.04. The molecule has 2 aromatic rings. The van der Waals surface area contributed by atoms with Crippen molar-refractivity contribution >= 4 is 23.3 Å². The van der Waals surface area contributed by atoms with Crippen LogP contribution in [0.3, 0.4) is 0 Å². The number of aromatic nitrogens is 2.